The summed E-state index contributed by atoms with van der Waals surface area (Å²) in [7, 11) is 0. The van der Waals surface area contributed by atoms with Crippen LogP contribution in [0.15, 0.2) is 29.8 Å². The van der Waals surface area contributed by atoms with E-state index in [0.29, 0.717) is 12.6 Å². The molecule has 0 aliphatic heterocycles. The Labute approximate surface area is 105 Å². The van der Waals surface area contributed by atoms with Crippen LogP contribution in [0, 0.1) is 0 Å². The highest BCUT2D eigenvalue weighted by Gasteiger charge is 2.09. The van der Waals surface area contributed by atoms with E-state index in [-0.39, 0.29) is 0 Å². The summed E-state index contributed by atoms with van der Waals surface area (Å²) in [5.41, 5.74) is 0. The van der Waals surface area contributed by atoms with Crippen LogP contribution in [-0.2, 0) is 0 Å². The van der Waals surface area contributed by atoms with Gasteiger partial charge in [0, 0.05) is 29.7 Å². The van der Waals surface area contributed by atoms with Gasteiger partial charge in [-0.1, -0.05) is 6.07 Å². The number of nitrogens with zero attached hydrogens (tertiary/aromatic N) is 2. The number of hydrogen-bond donors (Lipinski definition) is 2. The van der Waals surface area contributed by atoms with Gasteiger partial charge in [0.1, 0.15) is 11.9 Å². The van der Waals surface area contributed by atoms with Gasteiger partial charge in [-0.3, -0.25) is 4.68 Å². The maximum Gasteiger partial charge on any atom is 0.148 e. The minimum absolute atomic E-state index is 0.354. The summed E-state index contributed by atoms with van der Waals surface area (Å²) in [6, 6.07) is 6.15. The summed E-state index contributed by atoms with van der Waals surface area (Å²) in [6.07, 6.45) is 1.46. The first-order chi connectivity index (χ1) is 8.16. The summed E-state index contributed by atoms with van der Waals surface area (Å²) in [5, 5.41) is 19.4. The lowest BCUT2D eigenvalue weighted by atomic mass is 10.3. The van der Waals surface area contributed by atoms with Crippen LogP contribution >= 0.6 is 11.3 Å². The average Bonchev–Trinajstić information content (AvgIpc) is 2.97. The normalized spacial score (nSPS) is 12.9. The molecular formula is C12H17N3OS. The number of aliphatic hydroxyl groups is 1. The van der Waals surface area contributed by atoms with Crippen LogP contribution in [0.4, 0.5) is 5.82 Å². The van der Waals surface area contributed by atoms with Crippen molar-refractivity contribution in [1.29, 1.82) is 0 Å². The van der Waals surface area contributed by atoms with Crippen LogP contribution in [0.3, 0.4) is 0 Å². The van der Waals surface area contributed by atoms with Crippen molar-refractivity contribution in [3.63, 3.8) is 0 Å². The zero-order valence-corrected chi connectivity index (χ0v) is 10.8. The van der Waals surface area contributed by atoms with E-state index in [1.807, 2.05) is 34.5 Å². The fraction of sp³-hybridized carbons (Fsp3) is 0.417. The van der Waals surface area contributed by atoms with Crippen LogP contribution < -0.4 is 5.32 Å². The van der Waals surface area contributed by atoms with Crippen LogP contribution in [0.2, 0.25) is 0 Å². The monoisotopic (exact) mass is 251 g/mol. The van der Waals surface area contributed by atoms with Crippen molar-refractivity contribution < 1.29 is 5.11 Å². The molecule has 0 aliphatic carbocycles. The van der Waals surface area contributed by atoms with Crippen molar-refractivity contribution in [1.82, 2.24) is 9.78 Å². The molecule has 0 radical (unpaired) electrons. The summed E-state index contributed by atoms with van der Waals surface area (Å²) in [6.45, 7) is 4.64. The van der Waals surface area contributed by atoms with Gasteiger partial charge in [0.25, 0.3) is 0 Å². The SMILES string of the molecule is CC(C)n1ccc(NCC(O)c2cccs2)n1. The molecule has 0 amide bonds. The Morgan fingerprint density at radius 2 is 2.29 bits per heavy atom. The Balaban J connectivity index is 1.89. The number of rotatable bonds is 5. The number of aliphatic hydroxyl groups excluding tert-OH is 1. The molecule has 92 valence electrons. The number of thiophene rings is 1. The van der Waals surface area contributed by atoms with Crippen LogP contribution in [0.25, 0.3) is 0 Å². The molecule has 0 saturated heterocycles. The Kier molecular flexibility index (Phi) is 3.81. The molecule has 0 bridgehead atoms. The molecule has 1 unspecified atom stereocenters. The Hall–Kier alpha value is -1.33. The molecule has 17 heavy (non-hydrogen) atoms. The molecular weight excluding hydrogens is 234 g/mol. The Bertz CT molecular complexity index is 450. The van der Waals surface area contributed by atoms with Crippen molar-refractivity contribution in [2.45, 2.75) is 26.0 Å². The van der Waals surface area contributed by atoms with E-state index in [1.165, 1.54) is 0 Å². The smallest absolute Gasteiger partial charge is 0.148 e. The number of hydrogen-bond acceptors (Lipinski definition) is 4. The molecule has 2 aromatic rings. The van der Waals surface area contributed by atoms with Gasteiger partial charge in [0.2, 0.25) is 0 Å². The van der Waals surface area contributed by atoms with E-state index in [4.69, 9.17) is 0 Å². The lowest BCUT2D eigenvalue weighted by Crippen LogP contribution is -2.12. The van der Waals surface area contributed by atoms with Crippen LogP contribution in [0.1, 0.15) is 30.9 Å². The second-order valence-corrected chi connectivity index (χ2v) is 5.17. The predicted octanol–water partition coefficient (Wildman–Crippen LogP) is 2.67. The minimum Gasteiger partial charge on any atom is -0.386 e. The third-order valence-electron chi connectivity index (χ3n) is 2.49. The minimum atomic E-state index is -0.473. The van der Waals surface area contributed by atoms with E-state index in [9.17, 15) is 5.11 Å². The summed E-state index contributed by atoms with van der Waals surface area (Å²) in [5.74, 6) is 0.800. The predicted molar refractivity (Wildman–Crippen MR) is 70.4 cm³/mol. The molecule has 5 heteroatoms. The second kappa shape index (κ2) is 5.33. The highest BCUT2D eigenvalue weighted by Crippen LogP contribution is 2.19. The van der Waals surface area contributed by atoms with Crippen molar-refractivity contribution >= 4 is 17.2 Å². The maximum atomic E-state index is 9.90. The van der Waals surface area contributed by atoms with E-state index in [2.05, 4.69) is 24.3 Å². The molecule has 1 atom stereocenters. The zero-order chi connectivity index (χ0) is 12.3. The molecule has 2 N–H and O–H groups in total. The fourth-order valence-electron chi connectivity index (χ4n) is 1.50. The molecule has 0 saturated carbocycles. The zero-order valence-electron chi connectivity index (χ0n) is 10.00. The first-order valence-electron chi connectivity index (χ1n) is 5.67. The lowest BCUT2D eigenvalue weighted by Gasteiger charge is -2.09. The van der Waals surface area contributed by atoms with Crippen molar-refractivity contribution in [2.75, 3.05) is 11.9 Å². The lowest BCUT2D eigenvalue weighted by molar-refractivity contribution is 0.195. The third kappa shape index (κ3) is 3.08. The quantitative estimate of drug-likeness (QED) is 0.859. The summed E-state index contributed by atoms with van der Waals surface area (Å²) in [4.78, 5) is 0.973. The van der Waals surface area contributed by atoms with E-state index in [1.54, 1.807) is 11.3 Å². The van der Waals surface area contributed by atoms with Crippen LogP contribution in [-0.4, -0.2) is 21.4 Å². The van der Waals surface area contributed by atoms with E-state index in [0.717, 1.165) is 10.7 Å². The van der Waals surface area contributed by atoms with Crippen LogP contribution in [0.5, 0.6) is 0 Å². The topological polar surface area (TPSA) is 50.1 Å². The van der Waals surface area contributed by atoms with Crippen molar-refractivity contribution in [3.8, 4) is 0 Å². The molecule has 2 aromatic heterocycles. The highest BCUT2D eigenvalue weighted by atomic mass is 32.1. The average molecular weight is 251 g/mol. The number of anilines is 1. The third-order valence-corrected chi connectivity index (χ3v) is 3.46. The molecule has 0 fully saturated rings. The van der Waals surface area contributed by atoms with Gasteiger partial charge in [-0.05, 0) is 25.3 Å². The first-order valence-corrected chi connectivity index (χ1v) is 6.55. The second-order valence-electron chi connectivity index (χ2n) is 4.19. The van der Waals surface area contributed by atoms with E-state index >= 15 is 0 Å². The first kappa shape index (κ1) is 12.1. The highest BCUT2D eigenvalue weighted by molar-refractivity contribution is 7.10. The molecule has 2 heterocycles. The largest absolute Gasteiger partial charge is 0.386 e. The number of nitrogens with one attached hydrogen (secondary N) is 1. The molecule has 2 rings (SSSR count). The Morgan fingerprint density at radius 3 is 2.88 bits per heavy atom. The number of aromatic nitrogens is 2. The van der Waals surface area contributed by atoms with Gasteiger partial charge in [-0.25, -0.2) is 0 Å². The maximum absolute atomic E-state index is 9.90. The fourth-order valence-corrected chi connectivity index (χ4v) is 2.21. The molecule has 0 spiro atoms. The van der Waals surface area contributed by atoms with Gasteiger partial charge in [-0.15, -0.1) is 11.3 Å². The summed E-state index contributed by atoms with van der Waals surface area (Å²) < 4.78 is 1.89. The standard InChI is InChI=1S/C12H17N3OS/c1-9(2)15-6-5-12(14-15)13-8-10(16)11-4-3-7-17-11/h3-7,9-10,16H,8H2,1-2H3,(H,13,14). The van der Waals surface area contributed by atoms with Crippen molar-refractivity contribution in [2.24, 2.45) is 0 Å². The molecule has 0 aromatic carbocycles. The summed E-state index contributed by atoms with van der Waals surface area (Å²) >= 11 is 1.56. The van der Waals surface area contributed by atoms with Gasteiger partial charge >= 0.3 is 0 Å². The van der Waals surface area contributed by atoms with Gasteiger partial charge < -0.3 is 10.4 Å². The van der Waals surface area contributed by atoms with Gasteiger partial charge in [-0.2, -0.15) is 5.10 Å². The van der Waals surface area contributed by atoms with Gasteiger partial charge in [0.15, 0.2) is 0 Å². The van der Waals surface area contributed by atoms with E-state index < -0.39 is 6.10 Å². The molecule has 4 nitrogen and oxygen atoms in total. The molecule has 0 aliphatic rings. The Morgan fingerprint density at radius 1 is 1.47 bits per heavy atom. The van der Waals surface area contributed by atoms with Crippen molar-refractivity contribution in [3.05, 3.63) is 34.7 Å². The van der Waals surface area contributed by atoms with Gasteiger partial charge in [0.05, 0.1) is 0 Å².